The first kappa shape index (κ1) is 22.7. The number of furan rings is 1. The second-order valence-corrected chi connectivity index (χ2v) is 8.52. The van der Waals surface area contributed by atoms with E-state index in [4.69, 9.17) is 4.42 Å². The van der Waals surface area contributed by atoms with E-state index in [0.717, 1.165) is 50.2 Å². The predicted molar refractivity (Wildman–Crippen MR) is 127 cm³/mol. The van der Waals surface area contributed by atoms with Crippen LogP contribution in [-0.2, 0) is 6.42 Å². The van der Waals surface area contributed by atoms with Gasteiger partial charge in [0.25, 0.3) is 11.8 Å². The van der Waals surface area contributed by atoms with Crippen molar-refractivity contribution in [3.8, 4) is 0 Å². The summed E-state index contributed by atoms with van der Waals surface area (Å²) in [6.45, 7) is 4.81. The van der Waals surface area contributed by atoms with E-state index in [0.29, 0.717) is 11.3 Å². The van der Waals surface area contributed by atoms with Gasteiger partial charge in [-0.05, 0) is 61.7 Å². The summed E-state index contributed by atoms with van der Waals surface area (Å²) in [7, 11) is 1.87. The number of carbonyl (C=O) groups is 2. The van der Waals surface area contributed by atoms with Gasteiger partial charge in [0.05, 0.1) is 6.26 Å². The zero-order valence-electron chi connectivity index (χ0n) is 19.2. The lowest BCUT2D eigenvalue weighted by atomic mass is 10.0. The van der Waals surface area contributed by atoms with E-state index in [1.165, 1.54) is 6.26 Å². The number of nitrogens with one attached hydrogen (secondary N) is 1. The maximum Gasteiger partial charge on any atom is 0.291 e. The van der Waals surface area contributed by atoms with Crippen molar-refractivity contribution in [1.82, 2.24) is 14.8 Å². The summed E-state index contributed by atoms with van der Waals surface area (Å²) in [5.74, 6) is -0.132. The molecule has 1 aromatic carbocycles. The number of aryl methyl sites for hydroxylation is 1. The Bertz CT molecular complexity index is 1070. The van der Waals surface area contributed by atoms with Crippen molar-refractivity contribution in [1.29, 1.82) is 0 Å². The van der Waals surface area contributed by atoms with Gasteiger partial charge >= 0.3 is 0 Å². The summed E-state index contributed by atoms with van der Waals surface area (Å²) in [4.78, 5) is 34.2. The molecule has 33 heavy (non-hydrogen) atoms. The Morgan fingerprint density at radius 2 is 1.97 bits per heavy atom. The number of amides is 2. The van der Waals surface area contributed by atoms with Crippen LogP contribution in [0.5, 0.6) is 0 Å². The van der Waals surface area contributed by atoms with Gasteiger partial charge in [0, 0.05) is 62.3 Å². The summed E-state index contributed by atoms with van der Waals surface area (Å²) in [6.07, 6.45) is 6.12. The number of piperidine rings is 1. The number of carbonyl (C=O) groups excluding carboxylic acids is 2. The lowest BCUT2D eigenvalue weighted by Crippen LogP contribution is -2.46. The fourth-order valence-electron chi connectivity index (χ4n) is 4.20. The minimum Gasteiger partial charge on any atom is -0.459 e. The molecule has 0 atom stereocenters. The Morgan fingerprint density at radius 1 is 1.15 bits per heavy atom. The van der Waals surface area contributed by atoms with Gasteiger partial charge in [-0.25, -0.2) is 0 Å². The van der Waals surface area contributed by atoms with Gasteiger partial charge in [0.1, 0.15) is 0 Å². The molecule has 0 bridgehead atoms. The topological polar surface area (TPSA) is 78.7 Å². The molecule has 3 heterocycles. The fourth-order valence-corrected chi connectivity index (χ4v) is 4.20. The van der Waals surface area contributed by atoms with Gasteiger partial charge < -0.3 is 19.5 Å². The van der Waals surface area contributed by atoms with Crippen molar-refractivity contribution >= 4 is 17.5 Å². The van der Waals surface area contributed by atoms with E-state index in [-0.39, 0.29) is 23.6 Å². The first-order valence-corrected chi connectivity index (χ1v) is 11.4. The Kier molecular flexibility index (Phi) is 7.19. The van der Waals surface area contributed by atoms with Gasteiger partial charge in [-0.2, -0.15) is 0 Å². The largest absolute Gasteiger partial charge is 0.459 e. The number of benzene rings is 1. The number of pyridine rings is 1. The highest BCUT2D eigenvalue weighted by Gasteiger charge is 2.26. The molecule has 0 aliphatic carbocycles. The van der Waals surface area contributed by atoms with Crippen LogP contribution in [0.4, 0.5) is 5.69 Å². The van der Waals surface area contributed by atoms with Crippen LogP contribution >= 0.6 is 0 Å². The summed E-state index contributed by atoms with van der Waals surface area (Å²) >= 11 is 0. The third-order valence-corrected chi connectivity index (χ3v) is 6.31. The molecule has 2 amide bonds. The average molecular weight is 447 g/mol. The highest BCUT2D eigenvalue weighted by molar-refractivity contribution is 6.03. The monoisotopic (exact) mass is 446 g/mol. The van der Waals surface area contributed by atoms with E-state index in [1.807, 2.05) is 49.3 Å². The van der Waals surface area contributed by atoms with Crippen molar-refractivity contribution < 1.29 is 14.0 Å². The van der Waals surface area contributed by atoms with Crippen LogP contribution in [0.3, 0.4) is 0 Å². The molecule has 0 radical (unpaired) electrons. The van der Waals surface area contributed by atoms with Crippen LogP contribution in [0, 0.1) is 6.92 Å². The minimum absolute atomic E-state index is 0.0320. The van der Waals surface area contributed by atoms with E-state index in [9.17, 15) is 9.59 Å². The Balaban J connectivity index is 1.33. The molecular formula is C26H30N4O3. The molecule has 1 aliphatic heterocycles. The molecule has 1 N–H and O–H groups in total. The molecule has 0 spiro atoms. The summed E-state index contributed by atoms with van der Waals surface area (Å²) < 4.78 is 5.16. The predicted octanol–water partition coefficient (Wildman–Crippen LogP) is 4.01. The standard InChI is InChI=1S/C26H30N4O3/c1-19-8-9-20(18-23(19)28-25(31)24-7-5-17-33-24)26(32)29(2)22-11-15-30(16-12-22)14-10-21-6-3-4-13-27-21/h3-9,13,17-18,22H,10-12,14-16H2,1-2H3,(H,28,31). The summed E-state index contributed by atoms with van der Waals surface area (Å²) in [5.41, 5.74) is 3.17. The quantitative estimate of drug-likeness (QED) is 0.593. The molecular weight excluding hydrogens is 416 g/mol. The number of anilines is 1. The van der Waals surface area contributed by atoms with E-state index >= 15 is 0 Å². The van der Waals surface area contributed by atoms with Crippen LogP contribution in [0.15, 0.2) is 65.4 Å². The van der Waals surface area contributed by atoms with Crippen molar-refractivity contribution in [2.75, 3.05) is 32.0 Å². The zero-order chi connectivity index (χ0) is 23.2. The smallest absolute Gasteiger partial charge is 0.291 e. The van der Waals surface area contributed by atoms with Gasteiger partial charge in [0.2, 0.25) is 0 Å². The maximum absolute atomic E-state index is 13.2. The molecule has 7 nitrogen and oxygen atoms in total. The highest BCUT2D eigenvalue weighted by Crippen LogP contribution is 2.22. The number of nitrogens with zero attached hydrogens (tertiary/aromatic N) is 3. The second kappa shape index (κ2) is 10.4. The number of hydrogen-bond donors (Lipinski definition) is 1. The third-order valence-electron chi connectivity index (χ3n) is 6.31. The first-order valence-electron chi connectivity index (χ1n) is 11.4. The Hall–Kier alpha value is -3.45. The van der Waals surface area contributed by atoms with Crippen LogP contribution < -0.4 is 5.32 Å². The van der Waals surface area contributed by atoms with Gasteiger partial charge in [0.15, 0.2) is 5.76 Å². The number of hydrogen-bond acceptors (Lipinski definition) is 5. The molecule has 1 aliphatic rings. The minimum atomic E-state index is -0.334. The zero-order valence-corrected chi connectivity index (χ0v) is 19.2. The van der Waals surface area contributed by atoms with Crippen molar-refractivity contribution in [3.05, 3.63) is 83.6 Å². The van der Waals surface area contributed by atoms with Crippen molar-refractivity contribution in [2.45, 2.75) is 32.2 Å². The normalized spacial score (nSPS) is 14.7. The Labute approximate surface area is 194 Å². The summed E-state index contributed by atoms with van der Waals surface area (Å²) in [6, 6.07) is 14.9. The van der Waals surface area contributed by atoms with Crippen molar-refractivity contribution in [3.63, 3.8) is 0 Å². The molecule has 0 saturated carbocycles. The van der Waals surface area contributed by atoms with Gasteiger partial charge in [-0.1, -0.05) is 12.1 Å². The first-order chi connectivity index (χ1) is 16.0. The summed E-state index contributed by atoms with van der Waals surface area (Å²) in [5, 5.41) is 2.84. The molecule has 172 valence electrons. The Morgan fingerprint density at radius 3 is 2.67 bits per heavy atom. The highest BCUT2D eigenvalue weighted by atomic mass is 16.3. The molecule has 7 heteroatoms. The van der Waals surface area contributed by atoms with Crippen LogP contribution in [0.2, 0.25) is 0 Å². The SMILES string of the molecule is Cc1ccc(C(=O)N(C)C2CCN(CCc3ccccn3)CC2)cc1NC(=O)c1ccco1. The second-order valence-electron chi connectivity index (χ2n) is 8.52. The molecule has 3 aromatic rings. The fraction of sp³-hybridized carbons (Fsp3) is 0.346. The third kappa shape index (κ3) is 5.68. The molecule has 0 unspecified atom stereocenters. The lowest BCUT2D eigenvalue weighted by molar-refractivity contribution is 0.0643. The molecule has 2 aromatic heterocycles. The lowest BCUT2D eigenvalue weighted by Gasteiger charge is -2.36. The maximum atomic E-state index is 13.2. The van der Waals surface area contributed by atoms with Gasteiger partial charge in [-0.3, -0.25) is 14.6 Å². The van der Waals surface area contributed by atoms with E-state index in [2.05, 4.69) is 21.3 Å². The number of rotatable bonds is 7. The molecule has 1 saturated heterocycles. The van der Waals surface area contributed by atoms with Crippen LogP contribution in [0.25, 0.3) is 0 Å². The molecule has 4 rings (SSSR count). The van der Waals surface area contributed by atoms with E-state index in [1.54, 1.807) is 18.2 Å². The van der Waals surface area contributed by atoms with Crippen LogP contribution in [0.1, 0.15) is 45.0 Å². The van der Waals surface area contributed by atoms with Crippen LogP contribution in [-0.4, -0.2) is 59.3 Å². The average Bonchev–Trinajstić information content (AvgIpc) is 3.39. The van der Waals surface area contributed by atoms with E-state index < -0.39 is 0 Å². The number of aromatic nitrogens is 1. The van der Waals surface area contributed by atoms with Crippen molar-refractivity contribution in [2.24, 2.45) is 0 Å². The molecule has 1 fully saturated rings. The van der Waals surface area contributed by atoms with Gasteiger partial charge in [-0.15, -0.1) is 0 Å². The number of likely N-dealkylation sites (tertiary alicyclic amines) is 1.